The summed E-state index contributed by atoms with van der Waals surface area (Å²) < 4.78 is 2.01. The monoisotopic (exact) mass is 201 g/mol. The van der Waals surface area contributed by atoms with Crippen LogP contribution in [0.15, 0.2) is 30.6 Å². The Kier molecular flexibility index (Phi) is 2.56. The van der Waals surface area contributed by atoms with Crippen molar-refractivity contribution in [2.24, 2.45) is 12.8 Å². The van der Waals surface area contributed by atoms with Crippen LogP contribution in [0.2, 0.25) is 0 Å². The minimum atomic E-state index is 0.476. The van der Waals surface area contributed by atoms with Gasteiger partial charge in [-0.1, -0.05) is 23.8 Å². The molecule has 0 unspecified atom stereocenters. The summed E-state index contributed by atoms with van der Waals surface area (Å²) in [6.07, 6.45) is 1.81. The molecule has 0 saturated carbocycles. The first kappa shape index (κ1) is 9.93. The maximum atomic E-state index is 5.66. The lowest BCUT2D eigenvalue weighted by Gasteiger charge is -2.05. The lowest BCUT2D eigenvalue weighted by atomic mass is 10.1. The van der Waals surface area contributed by atoms with E-state index in [9.17, 15) is 0 Å². The Morgan fingerprint density at radius 2 is 2.20 bits per heavy atom. The van der Waals surface area contributed by atoms with E-state index in [4.69, 9.17) is 5.73 Å². The molecule has 1 aromatic heterocycles. The van der Waals surface area contributed by atoms with Crippen molar-refractivity contribution in [2.45, 2.75) is 13.5 Å². The van der Waals surface area contributed by atoms with Gasteiger partial charge >= 0.3 is 0 Å². The van der Waals surface area contributed by atoms with Crippen molar-refractivity contribution in [3.63, 3.8) is 0 Å². The lowest BCUT2D eigenvalue weighted by Crippen LogP contribution is -2.00. The Morgan fingerprint density at radius 1 is 1.40 bits per heavy atom. The van der Waals surface area contributed by atoms with Gasteiger partial charge in [-0.25, -0.2) is 4.98 Å². The molecule has 1 aromatic carbocycles. The summed E-state index contributed by atoms with van der Waals surface area (Å²) >= 11 is 0. The van der Waals surface area contributed by atoms with Gasteiger partial charge in [0.2, 0.25) is 0 Å². The molecule has 0 atom stereocenters. The van der Waals surface area contributed by atoms with Gasteiger partial charge in [0, 0.05) is 19.2 Å². The lowest BCUT2D eigenvalue weighted by molar-refractivity contribution is 0.920. The molecule has 2 N–H and O–H groups in total. The predicted octanol–water partition coefficient (Wildman–Crippen LogP) is 1.85. The molecule has 0 amide bonds. The van der Waals surface area contributed by atoms with Crippen molar-refractivity contribution in [1.29, 1.82) is 0 Å². The molecule has 0 radical (unpaired) electrons. The maximum Gasteiger partial charge on any atom is 0.0952 e. The van der Waals surface area contributed by atoms with E-state index in [0.29, 0.717) is 6.54 Å². The van der Waals surface area contributed by atoms with Crippen molar-refractivity contribution >= 4 is 0 Å². The van der Waals surface area contributed by atoms with Crippen molar-refractivity contribution < 1.29 is 0 Å². The fraction of sp³-hybridized carbons (Fsp3) is 0.250. The molecule has 2 aromatic rings. The van der Waals surface area contributed by atoms with Crippen molar-refractivity contribution in [2.75, 3.05) is 0 Å². The van der Waals surface area contributed by atoms with Crippen LogP contribution in [0.3, 0.4) is 0 Å². The summed E-state index contributed by atoms with van der Waals surface area (Å²) in [6.45, 7) is 2.56. The van der Waals surface area contributed by atoms with Crippen molar-refractivity contribution in [3.8, 4) is 11.3 Å². The average Bonchev–Trinajstić information content (AvgIpc) is 2.59. The van der Waals surface area contributed by atoms with Crippen LogP contribution in [-0.4, -0.2) is 9.55 Å². The minimum Gasteiger partial charge on any atom is -0.333 e. The zero-order chi connectivity index (χ0) is 10.8. The van der Waals surface area contributed by atoms with E-state index in [1.165, 1.54) is 11.1 Å². The topological polar surface area (TPSA) is 43.8 Å². The molecular weight excluding hydrogens is 186 g/mol. The van der Waals surface area contributed by atoms with Crippen LogP contribution < -0.4 is 5.73 Å². The maximum absolute atomic E-state index is 5.66. The van der Waals surface area contributed by atoms with E-state index in [2.05, 4.69) is 36.2 Å². The SMILES string of the molecule is Cc1cccc(-c2c(CN)ncn2C)c1. The fourth-order valence-electron chi connectivity index (χ4n) is 1.79. The third-order valence-corrected chi connectivity index (χ3v) is 2.50. The highest BCUT2D eigenvalue weighted by Gasteiger charge is 2.09. The van der Waals surface area contributed by atoms with Crippen LogP contribution in [-0.2, 0) is 13.6 Å². The van der Waals surface area contributed by atoms with Gasteiger partial charge in [0.1, 0.15) is 0 Å². The zero-order valence-electron chi connectivity index (χ0n) is 9.07. The summed E-state index contributed by atoms with van der Waals surface area (Å²) in [5.41, 5.74) is 10.1. The molecule has 1 heterocycles. The van der Waals surface area contributed by atoms with Crippen LogP contribution in [0.4, 0.5) is 0 Å². The molecule has 0 aliphatic carbocycles. The first-order valence-corrected chi connectivity index (χ1v) is 4.99. The van der Waals surface area contributed by atoms with Gasteiger partial charge in [0.15, 0.2) is 0 Å². The van der Waals surface area contributed by atoms with Crippen LogP contribution in [0.25, 0.3) is 11.3 Å². The third kappa shape index (κ3) is 1.78. The van der Waals surface area contributed by atoms with E-state index in [-0.39, 0.29) is 0 Å². The van der Waals surface area contributed by atoms with E-state index in [1.54, 1.807) is 6.33 Å². The number of aryl methyl sites for hydroxylation is 2. The van der Waals surface area contributed by atoms with Crippen LogP contribution in [0.1, 0.15) is 11.3 Å². The summed E-state index contributed by atoms with van der Waals surface area (Å²) in [6, 6.07) is 8.37. The summed E-state index contributed by atoms with van der Waals surface area (Å²) in [5, 5.41) is 0. The van der Waals surface area contributed by atoms with Gasteiger partial charge in [-0.2, -0.15) is 0 Å². The van der Waals surface area contributed by atoms with E-state index in [1.807, 2.05) is 11.6 Å². The molecule has 15 heavy (non-hydrogen) atoms. The molecule has 0 spiro atoms. The van der Waals surface area contributed by atoms with E-state index < -0.39 is 0 Å². The Hall–Kier alpha value is -1.61. The van der Waals surface area contributed by atoms with E-state index in [0.717, 1.165) is 11.4 Å². The second-order valence-corrected chi connectivity index (χ2v) is 3.72. The van der Waals surface area contributed by atoms with E-state index >= 15 is 0 Å². The number of aromatic nitrogens is 2. The summed E-state index contributed by atoms with van der Waals surface area (Å²) in [7, 11) is 1.99. The Labute approximate surface area is 89.6 Å². The third-order valence-electron chi connectivity index (χ3n) is 2.50. The van der Waals surface area contributed by atoms with Crippen molar-refractivity contribution in [1.82, 2.24) is 9.55 Å². The highest BCUT2D eigenvalue weighted by Crippen LogP contribution is 2.22. The number of hydrogen-bond acceptors (Lipinski definition) is 2. The summed E-state index contributed by atoms with van der Waals surface area (Å²) in [5.74, 6) is 0. The van der Waals surface area contributed by atoms with Gasteiger partial charge in [0.05, 0.1) is 17.7 Å². The van der Waals surface area contributed by atoms with Crippen LogP contribution >= 0.6 is 0 Å². The Balaban J connectivity index is 2.57. The second-order valence-electron chi connectivity index (χ2n) is 3.72. The molecular formula is C12H15N3. The number of hydrogen-bond donors (Lipinski definition) is 1. The normalized spacial score (nSPS) is 10.6. The van der Waals surface area contributed by atoms with Crippen molar-refractivity contribution in [3.05, 3.63) is 41.9 Å². The first-order chi connectivity index (χ1) is 7.22. The zero-order valence-corrected chi connectivity index (χ0v) is 9.07. The quantitative estimate of drug-likeness (QED) is 0.806. The summed E-state index contributed by atoms with van der Waals surface area (Å²) in [4.78, 5) is 4.28. The second kappa shape index (κ2) is 3.87. The van der Waals surface area contributed by atoms with Crippen LogP contribution in [0.5, 0.6) is 0 Å². The number of nitrogens with two attached hydrogens (primary N) is 1. The van der Waals surface area contributed by atoms with Gasteiger partial charge in [0.25, 0.3) is 0 Å². The molecule has 78 valence electrons. The number of nitrogens with zero attached hydrogens (tertiary/aromatic N) is 2. The highest BCUT2D eigenvalue weighted by atomic mass is 15.0. The standard InChI is InChI=1S/C12H15N3/c1-9-4-3-5-10(6-9)12-11(7-13)14-8-15(12)2/h3-6,8H,7,13H2,1-2H3. The Bertz CT molecular complexity index is 471. The molecule has 3 heteroatoms. The number of rotatable bonds is 2. The molecule has 0 fully saturated rings. The number of imidazole rings is 1. The van der Waals surface area contributed by atoms with Gasteiger partial charge < -0.3 is 10.3 Å². The molecule has 0 aliphatic heterocycles. The smallest absolute Gasteiger partial charge is 0.0952 e. The number of benzene rings is 1. The highest BCUT2D eigenvalue weighted by molar-refractivity contribution is 5.63. The average molecular weight is 201 g/mol. The predicted molar refractivity (Wildman–Crippen MR) is 61.3 cm³/mol. The van der Waals surface area contributed by atoms with Crippen LogP contribution in [0, 0.1) is 6.92 Å². The van der Waals surface area contributed by atoms with Gasteiger partial charge in [-0.05, 0) is 13.0 Å². The molecule has 0 bridgehead atoms. The molecule has 0 saturated heterocycles. The molecule has 3 nitrogen and oxygen atoms in total. The van der Waals surface area contributed by atoms with Gasteiger partial charge in [-0.3, -0.25) is 0 Å². The first-order valence-electron chi connectivity index (χ1n) is 4.99. The van der Waals surface area contributed by atoms with Gasteiger partial charge in [-0.15, -0.1) is 0 Å². The minimum absolute atomic E-state index is 0.476. The largest absolute Gasteiger partial charge is 0.333 e. The fourth-order valence-corrected chi connectivity index (χ4v) is 1.79. The Morgan fingerprint density at radius 3 is 2.87 bits per heavy atom. The molecule has 0 aliphatic rings. The molecule has 2 rings (SSSR count).